The van der Waals surface area contributed by atoms with E-state index in [2.05, 4.69) is 64.6 Å². The first kappa shape index (κ1) is 16.9. The Balaban J connectivity index is 1.35. The monoisotopic (exact) mass is 347 g/mol. The molecule has 4 nitrogen and oxygen atoms in total. The van der Waals surface area contributed by atoms with Crippen LogP contribution >= 0.6 is 0 Å². The van der Waals surface area contributed by atoms with E-state index < -0.39 is 0 Å². The third-order valence-corrected chi connectivity index (χ3v) is 5.16. The first-order valence-electron chi connectivity index (χ1n) is 9.36. The van der Waals surface area contributed by atoms with Crippen molar-refractivity contribution < 1.29 is 4.42 Å². The average molecular weight is 347 g/mol. The number of rotatable bonds is 5. The summed E-state index contributed by atoms with van der Waals surface area (Å²) in [6.07, 6.45) is 4.10. The molecule has 2 heterocycles. The maximum Gasteiger partial charge on any atom is 0.211 e. The Bertz CT molecular complexity index is 808. The predicted octanol–water partition coefficient (Wildman–Crippen LogP) is 4.98. The number of aromatic nitrogens is 1. The lowest BCUT2D eigenvalue weighted by Gasteiger charge is -2.35. The number of hydrogen-bond acceptors (Lipinski definition) is 4. The van der Waals surface area contributed by atoms with Crippen LogP contribution in [0.5, 0.6) is 0 Å². The van der Waals surface area contributed by atoms with Gasteiger partial charge in [-0.05, 0) is 31.9 Å². The van der Waals surface area contributed by atoms with Gasteiger partial charge in [0.05, 0.1) is 12.2 Å². The molecule has 3 aromatic rings. The van der Waals surface area contributed by atoms with Crippen molar-refractivity contribution in [3.05, 3.63) is 72.8 Å². The summed E-state index contributed by atoms with van der Waals surface area (Å²) in [5.74, 6) is 1.64. The van der Waals surface area contributed by atoms with Crippen molar-refractivity contribution in [1.29, 1.82) is 0 Å². The van der Waals surface area contributed by atoms with E-state index in [1.807, 2.05) is 24.4 Å². The standard InChI is InChI=1S/C22H25N3O/c1-17(22-23-16-21(26-22)18-8-4-2-5-9-18)25-14-12-20(13-15-25)24-19-10-6-3-7-11-19/h2-11,16-17,20,24H,12-15H2,1H3. The topological polar surface area (TPSA) is 41.3 Å². The number of benzene rings is 2. The second-order valence-electron chi connectivity index (χ2n) is 6.93. The maximum atomic E-state index is 6.04. The molecule has 4 rings (SSSR count). The van der Waals surface area contributed by atoms with Gasteiger partial charge in [0.2, 0.25) is 5.89 Å². The molecule has 1 saturated heterocycles. The average Bonchev–Trinajstić information content (AvgIpc) is 3.20. The molecule has 26 heavy (non-hydrogen) atoms. The number of oxazole rings is 1. The van der Waals surface area contributed by atoms with Gasteiger partial charge in [-0.25, -0.2) is 4.98 Å². The summed E-state index contributed by atoms with van der Waals surface area (Å²) in [7, 11) is 0. The van der Waals surface area contributed by atoms with Gasteiger partial charge >= 0.3 is 0 Å². The first-order valence-corrected chi connectivity index (χ1v) is 9.36. The number of anilines is 1. The van der Waals surface area contributed by atoms with Crippen LogP contribution in [0.15, 0.2) is 71.3 Å². The third-order valence-electron chi connectivity index (χ3n) is 5.16. The summed E-state index contributed by atoms with van der Waals surface area (Å²) in [6.45, 7) is 4.29. The van der Waals surface area contributed by atoms with Crippen LogP contribution < -0.4 is 5.32 Å². The molecule has 1 atom stereocenters. The summed E-state index contributed by atoms with van der Waals surface area (Å²) < 4.78 is 6.04. The molecule has 134 valence electrons. The fourth-order valence-electron chi connectivity index (χ4n) is 3.57. The zero-order valence-electron chi connectivity index (χ0n) is 15.1. The Labute approximate surface area is 154 Å². The molecule has 1 aliphatic rings. The minimum Gasteiger partial charge on any atom is -0.439 e. The Morgan fingerprint density at radius 1 is 1.00 bits per heavy atom. The number of para-hydroxylation sites is 1. The van der Waals surface area contributed by atoms with E-state index in [0.717, 1.165) is 43.1 Å². The Kier molecular flexibility index (Phi) is 5.02. The minimum absolute atomic E-state index is 0.199. The van der Waals surface area contributed by atoms with Crippen LogP contribution in [-0.2, 0) is 0 Å². The normalized spacial score (nSPS) is 17.1. The van der Waals surface area contributed by atoms with Gasteiger partial charge < -0.3 is 9.73 Å². The molecule has 0 spiro atoms. The Morgan fingerprint density at radius 2 is 1.65 bits per heavy atom. The molecule has 1 fully saturated rings. The molecule has 1 aliphatic heterocycles. The molecule has 1 aromatic heterocycles. The fraction of sp³-hybridized carbons (Fsp3) is 0.318. The van der Waals surface area contributed by atoms with Crippen molar-refractivity contribution >= 4 is 5.69 Å². The zero-order valence-corrected chi connectivity index (χ0v) is 15.1. The molecular weight excluding hydrogens is 322 g/mol. The van der Waals surface area contributed by atoms with Crippen LogP contribution in [0.25, 0.3) is 11.3 Å². The molecule has 0 aliphatic carbocycles. The van der Waals surface area contributed by atoms with Crippen LogP contribution in [-0.4, -0.2) is 29.0 Å². The van der Waals surface area contributed by atoms with Crippen molar-refractivity contribution in [1.82, 2.24) is 9.88 Å². The van der Waals surface area contributed by atoms with Gasteiger partial charge in [0.1, 0.15) is 0 Å². The van der Waals surface area contributed by atoms with Crippen LogP contribution in [0.1, 0.15) is 31.7 Å². The van der Waals surface area contributed by atoms with E-state index in [1.165, 1.54) is 5.69 Å². The van der Waals surface area contributed by atoms with Gasteiger partial charge in [0.15, 0.2) is 5.76 Å². The highest BCUT2D eigenvalue weighted by molar-refractivity contribution is 5.55. The predicted molar refractivity (Wildman–Crippen MR) is 105 cm³/mol. The lowest BCUT2D eigenvalue weighted by molar-refractivity contribution is 0.148. The quantitative estimate of drug-likeness (QED) is 0.707. The van der Waals surface area contributed by atoms with Gasteiger partial charge in [-0.2, -0.15) is 0 Å². The van der Waals surface area contributed by atoms with Crippen molar-refractivity contribution in [3.63, 3.8) is 0 Å². The van der Waals surface area contributed by atoms with Gasteiger partial charge in [-0.3, -0.25) is 4.90 Å². The zero-order chi connectivity index (χ0) is 17.8. The maximum absolute atomic E-state index is 6.04. The van der Waals surface area contributed by atoms with E-state index >= 15 is 0 Å². The number of likely N-dealkylation sites (tertiary alicyclic amines) is 1. The van der Waals surface area contributed by atoms with Crippen LogP contribution in [0, 0.1) is 0 Å². The van der Waals surface area contributed by atoms with Crippen LogP contribution in [0.4, 0.5) is 5.69 Å². The molecule has 0 saturated carbocycles. The summed E-state index contributed by atoms with van der Waals surface area (Å²) in [4.78, 5) is 6.99. The highest BCUT2D eigenvalue weighted by atomic mass is 16.4. The van der Waals surface area contributed by atoms with Gasteiger partial charge in [0, 0.05) is 30.4 Å². The van der Waals surface area contributed by atoms with E-state index in [1.54, 1.807) is 0 Å². The SMILES string of the molecule is CC(c1ncc(-c2ccccc2)o1)N1CCC(Nc2ccccc2)CC1. The number of hydrogen-bond donors (Lipinski definition) is 1. The van der Waals surface area contributed by atoms with E-state index in [0.29, 0.717) is 6.04 Å². The molecule has 0 radical (unpaired) electrons. The van der Waals surface area contributed by atoms with Crippen LogP contribution in [0.3, 0.4) is 0 Å². The largest absolute Gasteiger partial charge is 0.439 e. The molecule has 4 heteroatoms. The van der Waals surface area contributed by atoms with Crippen molar-refractivity contribution in [3.8, 4) is 11.3 Å². The molecule has 1 unspecified atom stereocenters. The highest BCUT2D eigenvalue weighted by Gasteiger charge is 2.26. The summed E-state index contributed by atoms with van der Waals surface area (Å²) in [5.41, 5.74) is 2.28. The summed E-state index contributed by atoms with van der Waals surface area (Å²) >= 11 is 0. The van der Waals surface area contributed by atoms with Gasteiger partial charge in [-0.15, -0.1) is 0 Å². The highest BCUT2D eigenvalue weighted by Crippen LogP contribution is 2.28. The van der Waals surface area contributed by atoms with Crippen molar-refractivity contribution in [2.24, 2.45) is 0 Å². The smallest absolute Gasteiger partial charge is 0.211 e. The first-order chi connectivity index (χ1) is 12.8. The van der Waals surface area contributed by atoms with E-state index in [9.17, 15) is 0 Å². The fourth-order valence-corrected chi connectivity index (χ4v) is 3.57. The Morgan fingerprint density at radius 3 is 2.35 bits per heavy atom. The number of piperidine rings is 1. The van der Waals surface area contributed by atoms with E-state index in [4.69, 9.17) is 4.42 Å². The van der Waals surface area contributed by atoms with Gasteiger partial charge in [-0.1, -0.05) is 48.5 Å². The molecule has 2 aromatic carbocycles. The van der Waals surface area contributed by atoms with E-state index in [-0.39, 0.29) is 6.04 Å². The molecule has 0 bridgehead atoms. The molecular formula is C22H25N3O. The minimum atomic E-state index is 0.199. The van der Waals surface area contributed by atoms with Crippen molar-refractivity contribution in [2.45, 2.75) is 31.8 Å². The third kappa shape index (κ3) is 3.81. The van der Waals surface area contributed by atoms with Crippen molar-refractivity contribution in [2.75, 3.05) is 18.4 Å². The lowest BCUT2D eigenvalue weighted by atomic mass is 10.0. The summed E-state index contributed by atoms with van der Waals surface area (Å²) in [5, 5.41) is 3.64. The number of nitrogens with zero attached hydrogens (tertiary/aromatic N) is 2. The molecule has 0 amide bonds. The number of nitrogens with one attached hydrogen (secondary N) is 1. The second kappa shape index (κ2) is 7.75. The van der Waals surface area contributed by atoms with Crippen LogP contribution in [0.2, 0.25) is 0 Å². The Hall–Kier alpha value is -2.59. The van der Waals surface area contributed by atoms with Gasteiger partial charge in [0.25, 0.3) is 0 Å². The summed E-state index contributed by atoms with van der Waals surface area (Å²) in [6, 6.07) is 21.4. The molecule has 1 N–H and O–H groups in total. The second-order valence-corrected chi connectivity index (χ2v) is 6.93. The lowest BCUT2D eigenvalue weighted by Crippen LogP contribution is -2.40.